The molecule has 0 amide bonds. The molecule has 3 nitrogen and oxygen atoms in total. The third-order valence-corrected chi connectivity index (χ3v) is 9.14. The Hall–Kier alpha value is -2.40. The Balaban J connectivity index is 1.15. The first-order valence-corrected chi connectivity index (χ1v) is 14.5. The Morgan fingerprint density at radius 2 is 1.26 bits per heavy atom. The quantitative estimate of drug-likeness (QED) is 0.307. The first-order valence-electron chi connectivity index (χ1n) is 14.5. The van der Waals surface area contributed by atoms with E-state index < -0.39 is 64.4 Å². The van der Waals surface area contributed by atoms with Gasteiger partial charge in [0.15, 0.2) is 6.29 Å². The second-order valence-electron chi connectivity index (χ2n) is 12.0. The fourth-order valence-corrected chi connectivity index (χ4v) is 6.60. The summed E-state index contributed by atoms with van der Waals surface area (Å²) in [7, 11) is 0. The van der Waals surface area contributed by atoms with Crippen LogP contribution in [0.2, 0.25) is 0 Å². The zero-order valence-electron chi connectivity index (χ0n) is 23.2. The van der Waals surface area contributed by atoms with Gasteiger partial charge in [-0.15, -0.1) is 0 Å². The van der Waals surface area contributed by atoms with Crippen LogP contribution in [0.15, 0.2) is 30.3 Å². The number of alkyl halides is 5. The van der Waals surface area contributed by atoms with E-state index >= 15 is 8.78 Å². The Labute approximate surface area is 239 Å². The Morgan fingerprint density at radius 3 is 1.81 bits per heavy atom. The number of ether oxygens (including phenoxy) is 3. The fourth-order valence-electron chi connectivity index (χ4n) is 6.60. The number of hydrogen-bond donors (Lipinski definition) is 0. The molecule has 0 unspecified atom stereocenters. The van der Waals surface area contributed by atoms with E-state index in [0.717, 1.165) is 18.1 Å². The molecule has 3 fully saturated rings. The maximum Gasteiger partial charge on any atom is 0.422 e. The second-order valence-corrected chi connectivity index (χ2v) is 12.0. The highest BCUT2D eigenvalue weighted by molar-refractivity contribution is 5.66. The van der Waals surface area contributed by atoms with Crippen molar-refractivity contribution in [1.29, 1.82) is 0 Å². The van der Waals surface area contributed by atoms with Gasteiger partial charge < -0.3 is 14.2 Å². The van der Waals surface area contributed by atoms with Gasteiger partial charge in [-0.2, -0.15) is 22.0 Å². The van der Waals surface area contributed by atoms with Crippen molar-refractivity contribution in [2.45, 2.75) is 76.9 Å². The summed E-state index contributed by atoms with van der Waals surface area (Å²) in [6.07, 6.45) is -3.29. The van der Waals surface area contributed by atoms with E-state index in [2.05, 4.69) is 6.92 Å². The van der Waals surface area contributed by atoms with Crippen LogP contribution >= 0.6 is 0 Å². The highest BCUT2D eigenvalue weighted by Crippen LogP contribution is 2.44. The van der Waals surface area contributed by atoms with Gasteiger partial charge in [-0.1, -0.05) is 19.8 Å². The van der Waals surface area contributed by atoms with Crippen molar-refractivity contribution >= 4 is 0 Å². The smallest absolute Gasteiger partial charge is 0.422 e. The maximum atomic E-state index is 15.1. The van der Waals surface area contributed by atoms with Crippen molar-refractivity contribution in [1.82, 2.24) is 0 Å². The molecule has 2 saturated carbocycles. The van der Waals surface area contributed by atoms with Crippen molar-refractivity contribution in [3.63, 3.8) is 0 Å². The molecule has 2 aliphatic carbocycles. The predicted octanol–water partition coefficient (Wildman–Crippen LogP) is 9.38. The molecule has 1 aliphatic heterocycles. The van der Waals surface area contributed by atoms with Gasteiger partial charge in [0.25, 0.3) is 0 Å². The molecule has 3 aliphatic rings. The van der Waals surface area contributed by atoms with Crippen molar-refractivity contribution in [3.05, 3.63) is 53.3 Å². The highest BCUT2D eigenvalue weighted by atomic mass is 19.4. The SMILES string of the molecule is CC1CCC(C2COC(C3CCC(C(F)(F)Oc4ccc(-c5cc(F)c(C(F)(F)F)c(F)c5)c(F)c4)CC3)OC2)CC1. The van der Waals surface area contributed by atoms with Gasteiger partial charge in [0.2, 0.25) is 0 Å². The minimum absolute atomic E-state index is 0.00867. The summed E-state index contributed by atoms with van der Waals surface area (Å²) in [5.41, 5.74) is -3.08. The van der Waals surface area contributed by atoms with Crippen molar-refractivity contribution in [2.24, 2.45) is 29.6 Å². The fraction of sp³-hybridized carbons (Fsp3) is 0.613. The molecule has 42 heavy (non-hydrogen) atoms. The zero-order chi connectivity index (χ0) is 30.2. The van der Waals surface area contributed by atoms with Gasteiger partial charge >= 0.3 is 12.3 Å². The molecular formula is C31H34F8O3. The van der Waals surface area contributed by atoms with Crippen molar-refractivity contribution in [2.75, 3.05) is 13.2 Å². The van der Waals surface area contributed by atoms with Gasteiger partial charge in [0, 0.05) is 23.5 Å². The van der Waals surface area contributed by atoms with Gasteiger partial charge in [-0.25, -0.2) is 13.2 Å². The second kappa shape index (κ2) is 12.3. The molecule has 1 heterocycles. The lowest BCUT2D eigenvalue weighted by Crippen LogP contribution is -2.43. The van der Waals surface area contributed by atoms with Crippen molar-refractivity contribution in [3.8, 4) is 16.9 Å². The summed E-state index contributed by atoms with van der Waals surface area (Å²) in [5, 5.41) is 0. The summed E-state index contributed by atoms with van der Waals surface area (Å²) >= 11 is 0. The average Bonchev–Trinajstić information content (AvgIpc) is 2.92. The highest BCUT2D eigenvalue weighted by Gasteiger charge is 2.46. The summed E-state index contributed by atoms with van der Waals surface area (Å²) in [6, 6.07) is 3.22. The van der Waals surface area contributed by atoms with Crippen LogP contribution in [0.25, 0.3) is 11.1 Å². The summed E-state index contributed by atoms with van der Waals surface area (Å²) in [4.78, 5) is 0. The molecule has 0 aromatic heterocycles. The molecule has 0 atom stereocenters. The molecule has 1 saturated heterocycles. The molecule has 0 N–H and O–H groups in total. The number of halogens is 8. The van der Waals surface area contributed by atoms with Gasteiger partial charge in [0.1, 0.15) is 28.8 Å². The minimum Gasteiger partial charge on any atom is -0.432 e. The van der Waals surface area contributed by atoms with Crippen LogP contribution in [0.3, 0.4) is 0 Å². The maximum absolute atomic E-state index is 15.1. The lowest BCUT2D eigenvalue weighted by atomic mass is 9.76. The first-order chi connectivity index (χ1) is 19.8. The summed E-state index contributed by atoms with van der Waals surface area (Å²) < 4.78 is 128. The monoisotopic (exact) mass is 606 g/mol. The lowest BCUT2D eigenvalue weighted by Gasteiger charge is -2.41. The molecule has 0 radical (unpaired) electrons. The number of hydrogen-bond acceptors (Lipinski definition) is 3. The van der Waals surface area contributed by atoms with Crippen LogP contribution < -0.4 is 4.74 Å². The van der Waals surface area contributed by atoms with Gasteiger partial charge in [-0.05, 0) is 80.2 Å². The standard InChI is InChI=1S/C31H34F8O3/c1-17-2-4-18(5-3-17)21-15-40-29(41-16-21)19-6-8-22(9-7-19)31(38,39)42-23-10-11-24(25(32)14-23)20-12-26(33)28(27(34)13-20)30(35,36)37/h10-14,17-19,21-22,29H,2-9,15-16H2,1H3. The number of benzene rings is 2. The van der Waals surface area contributed by atoms with Crippen LogP contribution in [-0.4, -0.2) is 25.6 Å². The predicted molar refractivity (Wildman–Crippen MR) is 138 cm³/mol. The number of rotatable bonds is 6. The summed E-state index contributed by atoms with van der Waals surface area (Å²) in [6.45, 7) is 3.52. The van der Waals surface area contributed by atoms with Gasteiger partial charge in [0.05, 0.1) is 19.1 Å². The van der Waals surface area contributed by atoms with E-state index in [1.165, 1.54) is 25.7 Å². The molecule has 0 bridgehead atoms. The summed E-state index contributed by atoms with van der Waals surface area (Å²) in [5.74, 6) is -4.93. The Kier molecular flexibility index (Phi) is 9.09. The Morgan fingerprint density at radius 1 is 0.690 bits per heavy atom. The third-order valence-electron chi connectivity index (χ3n) is 9.14. The third kappa shape index (κ3) is 6.87. The molecule has 232 valence electrons. The normalized spacial score (nSPS) is 29.4. The van der Waals surface area contributed by atoms with E-state index in [-0.39, 0.29) is 18.8 Å². The van der Waals surface area contributed by atoms with E-state index in [1.807, 2.05) is 0 Å². The molecule has 11 heteroatoms. The van der Waals surface area contributed by atoms with E-state index in [1.54, 1.807) is 0 Å². The topological polar surface area (TPSA) is 27.7 Å². The minimum atomic E-state index is -5.28. The zero-order valence-corrected chi connectivity index (χ0v) is 23.2. The largest absolute Gasteiger partial charge is 0.432 e. The molecule has 2 aromatic rings. The Bertz CT molecular complexity index is 1200. The van der Waals surface area contributed by atoms with Crippen molar-refractivity contribution < 1.29 is 49.3 Å². The lowest BCUT2D eigenvalue weighted by molar-refractivity contribution is -0.251. The molecule has 0 spiro atoms. The molecular weight excluding hydrogens is 572 g/mol. The molecule has 2 aromatic carbocycles. The van der Waals surface area contributed by atoms with E-state index in [0.29, 0.717) is 56.1 Å². The van der Waals surface area contributed by atoms with Crippen LogP contribution in [-0.2, 0) is 15.7 Å². The van der Waals surface area contributed by atoms with Crippen LogP contribution in [0.1, 0.15) is 63.9 Å². The van der Waals surface area contributed by atoms with Crippen LogP contribution in [0.5, 0.6) is 5.75 Å². The van der Waals surface area contributed by atoms with E-state index in [4.69, 9.17) is 14.2 Å². The van der Waals surface area contributed by atoms with Crippen LogP contribution in [0.4, 0.5) is 35.1 Å². The van der Waals surface area contributed by atoms with E-state index in [9.17, 15) is 26.3 Å². The average molecular weight is 607 g/mol. The first kappa shape index (κ1) is 31.0. The van der Waals surface area contributed by atoms with Gasteiger partial charge in [-0.3, -0.25) is 0 Å². The van der Waals surface area contributed by atoms with Crippen LogP contribution in [0, 0.1) is 47.0 Å². The molecule has 5 rings (SSSR count).